The number of ether oxygens (including phenoxy) is 1. The molecule has 3 N–H and O–H groups in total. The van der Waals surface area contributed by atoms with Gasteiger partial charge in [0.1, 0.15) is 12.4 Å². The van der Waals surface area contributed by atoms with Crippen LogP contribution in [0.5, 0.6) is 5.75 Å². The summed E-state index contributed by atoms with van der Waals surface area (Å²) >= 11 is 0. The number of amides is 1. The molecule has 0 saturated carbocycles. The highest BCUT2D eigenvalue weighted by Gasteiger charge is 2.11. The number of carbonyl (C=O) groups is 1. The standard InChI is InChI=1S/C14H18N2O2.ClH/c1-3-4-9-18-12-7-5-11(6-8-12)10-13(15)14(17)16-2;/h5-8,13H,9-10,15H2,1-2H3,(H,16,17);1H. The molecule has 0 spiro atoms. The van der Waals surface area contributed by atoms with Crippen LogP contribution in [0.1, 0.15) is 12.5 Å². The van der Waals surface area contributed by atoms with Gasteiger partial charge in [0.15, 0.2) is 0 Å². The minimum Gasteiger partial charge on any atom is -0.481 e. The number of benzene rings is 1. The highest BCUT2D eigenvalue weighted by atomic mass is 35.5. The molecule has 1 unspecified atom stereocenters. The van der Waals surface area contributed by atoms with Crippen LogP contribution in [0.4, 0.5) is 0 Å². The maximum Gasteiger partial charge on any atom is 0.237 e. The number of carbonyl (C=O) groups excluding carboxylic acids is 1. The van der Waals surface area contributed by atoms with Gasteiger partial charge in [0.25, 0.3) is 0 Å². The van der Waals surface area contributed by atoms with Crippen LogP contribution in [0.3, 0.4) is 0 Å². The van der Waals surface area contributed by atoms with Gasteiger partial charge in [-0.2, -0.15) is 0 Å². The van der Waals surface area contributed by atoms with E-state index in [0.29, 0.717) is 13.0 Å². The van der Waals surface area contributed by atoms with E-state index in [1.54, 1.807) is 14.0 Å². The van der Waals surface area contributed by atoms with Crippen LogP contribution in [0, 0.1) is 11.8 Å². The number of hydrogen-bond acceptors (Lipinski definition) is 3. The van der Waals surface area contributed by atoms with Crippen molar-refractivity contribution in [1.82, 2.24) is 5.32 Å². The topological polar surface area (TPSA) is 64.3 Å². The summed E-state index contributed by atoms with van der Waals surface area (Å²) in [5, 5.41) is 2.53. The second kappa shape index (κ2) is 9.26. The molecular formula is C14H19ClN2O2. The van der Waals surface area contributed by atoms with E-state index in [-0.39, 0.29) is 18.3 Å². The summed E-state index contributed by atoms with van der Waals surface area (Å²) in [6, 6.07) is 6.98. The number of likely N-dealkylation sites (N-methyl/N-ethyl adjacent to an activating group) is 1. The van der Waals surface area contributed by atoms with E-state index in [4.69, 9.17) is 10.5 Å². The molecule has 0 radical (unpaired) electrons. The van der Waals surface area contributed by atoms with Gasteiger partial charge in [0, 0.05) is 7.05 Å². The third-order valence-electron chi connectivity index (χ3n) is 2.45. The number of halogens is 1. The zero-order chi connectivity index (χ0) is 13.4. The Bertz CT molecular complexity index is 449. The first-order chi connectivity index (χ1) is 8.67. The number of hydrogen-bond donors (Lipinski definition) is 2. The van der Waals surface area contributed by atoms with E-state index in [1.807, 2.05) is 24.3 Å². The second-order valence-electron chi connectivity index (χ2n) is 3.78. The molecular weight excluding hydrogens is 264 g/mol. The van der Waals surface area contributed by atoms with Crippen molar-refractivity contribution in [2.75, 3.05) is 13.7 Å². The molecule has 0 aromatic heterocycles. The first kappa shape index (κ1) is 17.3. The zero-order valence-electron chi connectivity index (χ0n) is 11.1. The predicted molar refractivity (Wildman–Crippen MR) is 78.4 cm³/mol. The number of nitrogens with two attached hydrogens (primary N) is 1. The Morgan fingerprint density at radius 1 is 1.42 bits per heavy atom. The Hall–Kier alpha value is -1.70. The van der Waals surface area contributed by atoms with Gasteiger partial charge in [-0.1, -0.05) is 18.1 Å². The maximum absolute atomic E-state index is 11.3. The van der Waals surface area contributed by atoms with E-state index >= 15 is 0 Å². The van der Waals surface area contributed by atoms with Crippen molar-refractivity contribution in [1.29, 1.82) is 0 Å². The summed E-state index contributed by atoms with van der Waals surface area (Å²) in [4.78, 5) is 11.3. The molecule has 1 atom stereocenters. The first-order valence-corrected chi connectivity index (χ1v) is 5.76. The van der Waals surface area contributed by atoms with Crippen molar-refractivity contribution in [2.45, 2.75) is 19.4 Å². The van der Waals surface area contributed by atoms with Crippen molar-refractivity contribution in [3.63, 3.8) is 0 Å². The molecule has 5 heteroatoms. The molecule has 19 heavy (non-hydrogen) atoms. The molecule has 1 aromatic carbocycles. The fourth-order valence-electron chi connectivity index (χ4n) is 1.45. The van der Waals surface area contributed by atoms with E-state index in [1.165, 1.54) is 0 Å². The van der Waals surface area contributed by atoms with Gasteiger partial charge in [0.05, 0.1) is 6.04 Å². The molecule has 0 saturated heterocycles. The third kappa shape index (κ3) is 6.14. The van der Waals surface area contributed by atoms with E-state index in [9.17, 15) is 4.79 Å². The Balaban J connectivity index is 0.00000324. The van der Waals surface area contributed by atoms with Gasteiger partial charge in [-0.15, -0.1) is 18.3 Å². The van der Waals surface area contributed by atoms with Crippen LogP contribution in [-0.2, 0) is 11.2 Å². The van der Waals surface area contributed by atoms with Crippen LogP contribution >= 0.6 is 12.4 Å². The number of rotatable bonds is 5. The predicted octanol–water partition coefficient (Wildman–Crippen LogP) is 1.13. The lowest BCUT2D eigenvalue weighted by molar-refractivity contribution is -0.121. The lowest BCUT2D eigenvalue weighted by atomic mass is 10.1. The molecule has 1 rings (SSSR count). The zero-order valence-corrected chi connectivity index (χ0v) is 11.9. The first-order valence-electron chi connectivity index (χ1n) is 5.76. The fraction of sp³-hybridized carbons (Fsp3) is 0.357. The van der Waals surface area contributed by atoms with Crippen LogP contribution in [0.25, 0.3) is 0 Å². The molecule has 0 aliphatic rings. The van der Waals surface area contributed by atoms with Gasteiger partial charge < -0.3 is 15.8 Å². The van der Waals surface area contributed by atoms with E-state index in [0.717, 1.165) is 11.3 Å². The molecule has 0 aliphatic carbocycles. The highest BCUT2D eigenvalue weighted by molar-refractivity contribution is 5.85. The maximum atomic E-state index is 11.3. The third-order valence-corrected chi connectivity index (χ3v) is 2.45. The Morgan fingerprint density at radius 2 is 2.05 bits per heavy atom. The van der Waals surface area contributed by atoms with Gasteiger partial charge in [-0.3, -0.25) is 4.79 Å². The average molecular weight is 283 g/mol. The minimum absolute atomic E-state index is 0. The lowest BCUT2D eigenvalue weighted by Crippen LogP contribution is -2.40. The van der Waals surface area contributed by atoms with Gasteiger partial charge in [-0.25, -0.2) is 0 Å². The summed E-state index contributed by atoms with van der Waals surface area (Å²) in [5.74, 6) is 6.18. The summed E-state index contributed by atoms with van der Waals surface area (Å²) in [6.45, 7) is 2.15. The highest BCUT2D eigenvalue weighted by Crippen LogP contribution is 2.13. The quantitative estimate of drug-likeness (QED) is 0.796. The molecule has 4 nitrogen and oxygen atoms in total. The molecule has 1 aromatic rings. The van der Waals surface area contributed by atoms with Crippen molar-refractivity contribution in [2.24, 2.45) is 5.73 Å². The van der Waals surface area contributed by atoms with Gasteiger partial charge in [0.2, 0.25) is 5.91 Å². The van der Waals surface area contributed by atoms with E-state index < -0.39 is 6.04 Å². The monoisotopic (exact) mass is 282 g/mol. The average Bonchev–Trinajstić information content (AvgIpc) is 2.40. The lowest BCUT2D eigenvalue weighted by Gasteiger charge is -2.10. The Morgan fingerprint density at radius 3 is 2.58 bits per heavy atom. The summed E-state index contributed by atoms with van der Waals surface area (Å²) in [5.41, 5.74) is 6.73. The molecule has 0 fully saturated rings. The molecule has 104 valence electrons. The van der Waals surface area contributed by atoms with E-state index in [2.05, 4.69) is 17.2 Å². The minimum atomic E-state index is -0.521. The SMILES string of the molecule is CC#CCOc1ccc(CC(N)C(=O)NC)cc1.Cl. The summed E-state index contributed by atoms with van der Waals surface area (Å²) < 4.78 is 5.39. The molecule has 0 aliphatic heterocycles. The summed E-state index contributed by atoms with van der Waals surface area (Å²) in [6.07, 6.45) is 0.509. The van der Waals surface area contributed by atoms with Crippen LogP contribution < -0.4 is 15.8 Å². The Labute approximate surface area is 120 Å². The Kier molecular flexibility index (Phi) is 8.43. The fourth-order valence-corrected chi connectivity index (χ4v) is 1.45. The number of nitrogens with one attached hydrogen (secondary N) is 1. The van der Waals surface area contributed by atoms with Gasteiger partial charge >= 0.3 is 0 Å². The van der Waals surface area contributed by atoms with Gasteiger partial charge in [-0.05, 0) is 31.0 Å². The largest absolute Gasteiger partial charge is 0.481 e. The van der Waals surface area contributed by atoms with Crippen LogP contribution in [-0.4, -0.2) is 25.6 Å². The van der Waals surface area contributed by atoms with Crippen LogP contribution in [0.2, 0.25) is 0 Å². The molecule has 0 bridgehead atoms. The van der Waals surface area contributed by atoms with Crippen LogP contribution in [0.15, 0.2) is 24.3 Å². The van der Waals surface area contributed by atoms with Crippen molar-refractivity contribution >= 4 is 18.3 Å². The smallest absolute Gasteiger partial charge is 0.237 e. The van der Waals surface area contributed by atoms with Crippen molar-refractivity contribution < 1.29 is 9.53 Å². The summed E-state index contributed by atoms with van der Waals surface area (Å²) in [7, 11) is 1.58. The second-order valence-corrected chi connectivity index (χ2v) is 3.78. The van der Waals surface area contributed by atoms with Crippen molar-refractivity contribution in [3.05, 3.63) is 29.8 Å². The molecule has 1 amide bonds. The van der Waals surface area contributed by atoms with Crippen molar-refractivity contribution in [3.8, 4) is 17.6 Å². The molecule has 0 heterocycles. The normalized spacial score (nSPS) is 10.5.